The van der Waals surface area contributed by atoms with E-state index in [1.165, 1.54) is 19.2 Å². The summed E-state index contributed by atoms with van der Waals surface area (Å²) < 4.78 is 5.21. The number of halogens is 1. The molecule has 1 aliphatic heterocycles. The lowest BCUT2D eigenvalue weighted by Gasteiger charge is -2.27. The molecule has 5 N–H and O–H groups in total. The minimum Gasteiger partial charge on any atom is -0.507 e. The van der Waals surface area contributed by atoms with Crippen molar-refractivity contribution in [3.63, 3.8) is 0 Å². The SMILES string of the molecule is COc1cc(C(=O)N2CCc3[nH]nc(-c4cc(Cl)c(O)cc4O)c3C2)ccc1N. The van der Waals surface area contributed by atoms with Crippen molar-refractivity contribution in [2.75, 3.05) is 19.4 Å². The molecule has 0 radical (unpaired) electrons. The third-order valence-corrected chi connectivity index (χ3v) is 5.32. The Morgan fingerprint density at radius 1 is 1.28 bits per heavy atom. The molecule has 1 amide bonds. The van der Waals surface area contributed by atoms with Gasteiger partial charge < -0.3 is 25.6 Å². The fourth-order valence-corrected chi connectivity index (χ4v) is 3.62. The highest BCUT2D eigenvalue weighted by Gasteiger charge is 2.28. The lowest BCUT2D eigenvalue weighted by molar-refractivity contribution is 0.0734. The van der Waals surface area contributed by atoms with Gasteiger partial charge in [0.05, 0.1) is 17.8 Å². The summed E-state index contributed by atoms with van der Waals surface area (Å²) in [5.41, 5.74) is 9.33. The first-order chi connectivity index (χ1) is 13.9. The van der Waals surface area contributed by atoms with Crippen LogP contribution >= 0.6 is 11.6 Å². The number of nitrogens with zero attached hydrogens (tertiary/aromatic N) is 2. The summed E-state index contributed by atoms with van der Waals surface area (Å²) in [6.07, 6.45) is 0.590. The number of benzene rings is 2. The maximum atomic E-state index is 13.0. The van der Waals surface area contributed by atoms with E-state index in [4.69, 9.17) is 22.1 Å². The number of nitrogens with two attached hydrogens (primary N) is 1. The first-order valence-electron chi connectivity index (χ1n) is 8.89. The molecular weight excluding hydrogens is 396 g/mol. The van der Waals surface area contributed by atoms with Gasteiger partial charge in [0.1, 0.15) is 22.9 Å². The molecule has 0 atom stereocenters. The highest BCUT2D eigenvalue weighted by molar-refractivity contribution is 6.32. The number of amides is 1. The minimum atomic E-state index is -0.216. The predicted molar refractivity (Wildman–Crippen MR) is 108 cm³/mol. The van der Waals surface area contributed by atoms with Gasteiger partial charge in [0.15, 0.2) is 0 Å². The number of phenols is 2. The lowest BCUT2D eigenvalue weighted by Crippen LogP contribution is -2.36. The molecule has 0 saturated heterocycles. The Morgan fingerprint density at radius 3 is 2.83 bits per heavy atom. The van der Waals surface area contributed by atoms with E-state index in [2.05, 4.69) is 10.2 Å². The molecule has 9 heteroatoms. The molecule has 0 unspecified atom stereocenters. The fourth-order valence-electron chi connectivity index (χ4n) is 3.46. The number of rotatable bonds is 3. The largest absolute Gasteiger partial charge is 0.507 e. The molecule has 0 aliphatic carbocycles. The Morgan fingerprint density at radius 2 is 2.07 bits per heavy atom. The van der Waals surface area contributed by atoms with E-state index in [0.29, 0.717) is 47.8 Å². The monoisotopic (exact) mass is 414 g/mol. The second kappa shape index (κ2) is 7.21. The zero-order valence-corrected chi connectivity index (χ0v) is 16.3. The molecule has 2 aromatic carbocycles. The number of aromatic hydroxyl groups is 2. The second-order valence-corrected chi connectivity index (χ2v) is 7.19. The van der Waals surface area contributed by atoms with Crippen molar-refractivity contribution in [2.24, 2.45) is 0 Å². The summed E-state index contributed by atoms with van der Waals surface area (Å²) >= 11 is 6.00. The zero-order valence-electron chi connectivity index (χ0n) is 15.6. The number of methoxy groups -OCH3 is 1. The predicted octanol–water partition coefficient (Wildman–Crippen LogP) is 2.93. The molecule has 2 heterocycles. The number of nitrogen functional groups attached to an aromatic ring is 1. The Bertz CT molecular complexity index is 1110. The molecule has 0 spiro atoms. The number of anilines is 1. The zero-order chi connectivity index (χ0) is 20.7. The third kappa shape index (κ3) is 3.31. The van der Waals surface area contributed by atoms with Gasteiger partial charge in [0.25, 0.3) is 5.91 Å². The van der Waals surface area contributed by atoms with Gasteiger partial charge in [-0.15, -0.1) is 0 Å². The van der Waals surface area contributed by atoms with Crippen molar-refractivity contribution in [1.29, 1.82) is 0 Å². The van der Waals surface area contributed by atoms with Crippen molar-refractivity contribution in [2.45, 2.75) is 13.0 Å². The van der Waals surface area contributed by atoms with Crippen LogP contribution in [0.25, 0.3) is 11.3 Å². The van der Waals surface area contributed by atoms with Crippen LogP contribution in [-0.4, -0.2) is 44.9 Å². The Labute approximate surface area is 171 Å². The summed E-state index contributed by atoms with van der Waals surface area (Å²) in [6.45, 7) is 0.826. The Hall–Kier alpha value is -3.39. The quantitative estimate of drug-likeness (QED) is 0.488. The van der Waals surface area contributed by atoms with Crippen LogP contribution in [0.3, 0.4) is 0 Å². The van der Waals surface area contributed by atoms with E-state index in [1.54, 1.807) is 23.1 Å². The van der Waals surface area contributed by atoms with Crippen LogP contribution in [-0.2, 0) is 13.0 Å². The number of H-pyrrole nitrogens is 1. The van der Waals surface area contributed by atoms with Crippen molar-refractivity contribution < 1.29 is 19.7 Å². The van der Waals surface area contributed by atoms with E-state index in [-0.39, 0.29) is 22.4 Å². The van der Waals surface area contributed by atoms with E-state index >= 15 is 0 Å². The standard InChI is InChI=1S/C20H19ClN4O4/c1-29-18-6-10(2-3-14(18)22)20(28)25-5-4-15-12(9-25)19(24-23-15)11-7-13(21)17(27)8-16(11)26/h2-3,6-8,26-27H,4-5,9,22H2,1H3,(H,23,24). The molecule has 3 aromatic rings. The van der Waals surface area contributed by atoms with E-state index in [1.807, 2.05) is 0 Å². The molecule has 29 heavy (non-hydrogen) atoms. The van der Waals surface area contributed by atoms with Crippen molar-refractivity contribution >= 4 is 23.2 Å². The number of phenolic OH excluding ortho intramolecular Hbond substituents is 2. The van der Waals surface area contributed by atoms with Crippen LogP contribution in [0, 0.1) is 0 Å². The van der Waals surface area contributed by atoms with Crippen molar-refractivity contribution in [3.8, 4) is 28.5 Å². The average molecular weight is 415 g/mol. The van der Waals surface area contributed by atoms with Crippen LogP contribution in [0.2, 0.25) is 5.02 Å². The summed E-state index contributed by atoms with van der Waals surface area (Å²) in [7, 11) is 1.50. The summed E-state index contributed by atoms with van der Waals surface area (Å²) in [5.74, 6) is -0.0744. The van der Waals surface area contributed by atoms with Crippen LogP contribution in [0.4, 0.5) is 5.69 Å². The molecule has 8 nitrogen and oxygen atoms in total. The number of nitrogens with one attached hydrogen (secondary N) is 1. The smallest absolute Gasteiger partial charge is 0.254 e. The minimum absolute atomic E-state index is 0.104. The number of hydrogen-bond acceptors (Lipinski definition) is 6. The van der Waals surface area contributed by atoms with E-state index in [0.717, 1.165) is 11.3 Å². The molecule has 0 bridgehead atoms. The van der Waals surface area contributed by atoms with E-state index in [9.17, 15) is 15.0 Å². The first kappa shape index (κ1) is 18.9. The van der Waals surface area contributed by atoms with Crippen LogP contribution in [0.1, 0.15) is 21.6 Å². The van der Waals surface area contributed by atoms with Crippen LogP contribution in [0.5, 0.6) is 17.2 Å². The summed E-state index contributed by atoms with van der Waals surface area (Å²) in [6, 6.07) is 7.55. The van der Waals surface area contributed by atoms with E-state index < -0.39 is 0 Å². The molecule has 0 fully saturated rings. The van der Waals surface area contributed by atoms with Gasteiger partial charge in [-0.3, -0.25) is 9.89 Å². The number of aromatic amines is 1. The first-order valence-corrected chi connectivity index (χ1v) is 9.27. The Kier molecular flexibility index (Phi) is 4.71. The third-order valence-electron chi connectivity index (χ3n) is 5.02. The molecule has 150 valence electrons. The number of carbonyl (C=O) groups excluding carboxylic acids is 1. The Balaban J connectivity index is 1.66. The van der Waals surface area contributed by atoms with Gasteiger partial charge in [0.2, 0.25) is 0 Å². The molecule has 4 rings (SSSR count). The number of ether oxygens (including phenoxy) is 1. The lowest BCUT2D eigenvalue weighted by atomic mass is 9.99. The molecular formula is C20H19ClN4O4. The van der Waals surface area contributed by atoms with Gasteiger partial charge in [-0.05, 0) is 24.3 Å². The fraction of sp³-hybridized carbons (Fsp3) is 0.200. The normalized spacial score (nSPS) is 13.2. The van der Waals surface area contributed by atoms with Crippen molar-refractivity contribution in [1.82, 2.24) is 15.1 Å². The highest BCUT2D eigenvalue weighted by Crippen LogP contribution is 2.39. The average Bonchev–Trinajstić information content (AvgIpc) is 3.13. The van der Waals surface area contributed by atoms with Crippen LogP contribution in [0.15, 0.2) is 30.3 Å². The number of hydrogen-bond donors (Lipinski definition) is 4. The van der Waals surface area contributed by atoms with Gasteiger partial charge in [0, 0.05) is 48.0 Å². The molecule has 1 aliphatic rings. The maximum absolute atomic E-state index is 13.0. The van der Waals surface area contributed by atoms with Gasteiger partial charge >= 0.3 is 0 Å². The number of aromatic nitrogens is 2. The van der Waals surface area contributed by atoms with Crippen LogP contribution < -0.4 is 10.5 Å². The van der Waals surface area contributed by atoms with Gasteiger partial charge in [-0.25, -0.2) is 0 Å². The molecule has 0 saturated carbocycles. The molecule has 1 aromatic heterocycles. The summed E-state index contributed by atoms with van der Waals surface area (Å²) in [5, 5.41) is 27.3. The summed E-state index contributed by atoms with van der Waals surface area (Å²) in [4.78, 5) is 14.7. The van der Waals surface area contributed by atoms with Gasteiger partial charge in [-0.2, -0.15) is 5.10 Å². The second-order valence-electron chi connectivity index (χ2n) is 6.78. The highest BCUT2D eigenvalue weighted by atomic mass is 35.5. The van der Waals surface area contributed by atoms with Crippen molar-refractivity contribution in [3.05, 3.63) is 52.2 Å². The topological polar surface area (TPSA) is 125 Å². The number of fused-ring (bicyclic) bond motifs is 1. The number of carbonyl (C=O) groups is 1. The maximum Gasteiger partial charge on any atom is 0.254 e. The van der Waals surface area contributed by atoms with Gasteiger partial charge in [-0.1, -0.05) is 11.6 Å².